The normalized spacial score (nSPS) is 17.2. The predicted octanol–water partition coefficient (Wildman–Crippen LogP) is 4.66. The molecular formula is C20H24ClF2N3O2. The van der Waals surface area contributed by atoms with Crippen LogP contribution in [0, 0.1) is 0 Å². The molecule has 1 aliphatic rings. The molecule has 1 aromatic heterocycles. The van der Waals surface area contributed by atoms with Crippen LogP contribution in [-0.2, 0) is 5.92 Å². The largest absolute Gasteiger partial charge is 0.388 e. The van der Waals surface area contributed by atoms with Crippen LogP contribution in [0.3, 0.4) is 0 Å². The van der Waals surface area contributed by atoms with Gasteiger partial charge in [0.25, 0.3) is 11.8 Å². The molecule has 0 unspecified atom stereocenters. The van der Waals surface area contributed by atoms with Crippen molar-refractivity contribution in [3.63, 3.8) is 0 Å². The molecule has 0 spiro atoms. The van der Waals surface area contributed by atoms with E-state index in [1.807, 2.05) is 0 Å². The summed E-state index contributed by atoms with van der Waals surface area (Å²) in [5.41, 5.74) is -0.206. The van der Waals surface area contributed by atoms with Crippen LogP contribution in [0.4, 0.5) is 8.78 Å². The van der Waals surface area contributed by atoms with Gasteiger partial charge in [-0.05, 0) is 31.0 Å². The van der Waals surface area contributed by atoms with Crippen molar-refractivity contribution < 1.29 is 18.7 Å². The maximum atomic E-state index is 13.4. The average molecular weight is 412 g/mol. The number of benzene rings is 1. The number of aromatic amines is 1. The first kappa shape index (κ1) is 20.7. The number of nitrogens with zero attached hydrogens (tertiary/aromatic N) is 1. The van der Waals surface area contributed by atoms with Gasteiger partial charge in [-0.1, -0.05) is 43.4 Å². The number of halogens is 3. The second-order valence-electron chi connectivity index (χ2n) is 7.57. The third-order valence-corrected chi connectivity index (χ3v) is 5.50. The summed E-state index contributed by atoms with van der Waals surface area (Å²) in [6.07, 6.45) is 5.36. The number of alkyl halides is 2. The van der Waals surface area contributed by atoms with Crippen molar-refractivity contribution in [2.24, 2.45) is 0 Å². The van der Waals surface area contributed by atoms with Crippen LogP contribution >= 0.6 is 11.6 Å². The highest BCUT2D eigenvalue weighted by atomic mass is 35.5. The third kappa shape index (κ3) is 4.89. The highest BCUT2D eigenvalue weighted by molar-refractivity contribution is 6.34. The highest BCUT2D eigenvalue weighted by Crippen LogP contribution is 2.30. The van der Waals surface area contributed by atoms with Gasteiger partial charge in [-0.25, -0.2) is 0 Å². The van der Waals surface area contributed by atoms with Gasteiger partial charge in [0.15, 0.2) is 0 Å². The van der Waals surface area contributed by atoms with Gasteiger partial charge in [0.1, 0.15) is 5.69 Å². The molecule has 152 valence electrons. The van der Waals surface area contributed by atoms with E-state index in [0.29, 0.717) is 24.1 Å². The van der Waals surface area contributed by atoms with E-state index in [1.165, 1.54) is 18.2 Å². The molecule has 3 N–H and O–H groups in total. The number of aromatic nitrogens is 2. The van der Waals surface area contributed by atoms with Crippen LogP contribution in [-0.4, -0.2) is 33.4 Å². The summed E-state index contributed by atoms with van der Waals surface area (Å²) in [6.45, 7) is 0.935. The number of aliphatic hydroxyl groups is 1. The second kappa shape index (κ2) is 8.17. The first-order valence-corrected chi connectivity index (χ1v) is 9.80. The number of carbonyl (C=O) groups is 1. The quantitative estimate of drug-likeness (QED) is 0.626. The van der Waals surface area contributed by atoms with Crippen molar-refractivity contribution in [1.29, 1.82) is 0 Å². The minimum Gasteiger partial charge on any atom is -0.388 e. The highest BCUT2D eigenvalue weighted by Gasteiger charge is 2.29. The van der Waals surface area contributed by atoms with Crippen molar-refractivity contribution in [2.75, 3.05) is 6.54 Å². The summed E-state index contributed by atoms with van der Waals surface area (Å²) in [7, 11) is 0. The van der Waals surface area contributed by atoms with Crippen LogP contribution in [0.5, 0.6) is 0 Å². The predicted molar refractivity (Wildman–Crippen MR) is 104 cm³/mol. The van der Waals surface area contributed by atoms with E-state index < -0.39 is 17.4 Å². The lowest BCUT2D eigenvalue weighted by atomic mass is 9.94. The molecule has 1 aliphatic carbocycles. The van der Waals surface area contributed by atoms with E-state index in [-0.39, 0.29) is 22.8 Å². The molecule has 1 amide bonds. The average Bonchev–Trinajstić information content (AvgIpc) is 3.04. The molecule has 1 fully saturated rings. The van der Waals surface area contributed by atoms with Crippen LogP contribution < -0.4 is 5.32 Å². The minimum atomic E-state index is -3.04. The summed E-state index contributed by atoms with van der Waals surface area (Å²) in [4.78, 5) is 12.6. The minimum absolute atomic E-state index is 0.154. The summed E-state index contributed by atoms with van der Waals surface area (Å²) in [5.74, 6) is -3.45. The van der Waals surface area contributed by atoms with Crippen LogP contribution in [0.1, 0.15) is 61.5 Å². The Morgan fingerprint density at radius 2 is 1.96 bits per heavy atom. The zero-order chi connectivity index (χ0) is 20.4. The fraction of sp³-hybridized carbons (Fsp3) is 0.500. The first-order valence-electron chi connectivity index (χ1n) is 9.42. The molecule has 0 bridgehead atoms. The van der Waals surface area contributed by atoms with E-state index in [0.717, 1.165) is 32.6 Å². The molecule has 1 saturated carbocycles. The van der Waals surface area contributed by atoms with Crippen molar-refractivity contribution in [2.45, 2.75) is 57.0 Å². The standard InChI is InChI=1S/C20H24ClF2N3O2/c1-19(22,23)17-11-16(25-26-17)13-6-7-15(21)14(10-13)18(27)24-12-20(28)8-4-2-3-5-9-20/h6-7,10-11,28H,2-5,8-9,12H2,1H3,(H,24,27)(H,25,26). The van der Waals surface area contributed by atoms with Crippen molar-refractivity contribution in [3.05, 3.63) is 40.5 Å². The van der Waals surface area contributed by atoms with Gasteiger partial charge >= 0.3 is 0 Å². The number of rotatable bonds is 5. The van der Waals surface area contributed by atoms with Crippen LogP contribution in [0.2, 0.25) is 5.02 Å². The zero-order valence-electron chi connectivity index (χ0n) is 15.7. The Morgan fingerprint density at radius 3 is 2.57 bits per heavy atom. The molecule has 0 aliphatic heterocycles. The molecule has 1 aromatic carbocycles. The van der Waals surface area contributed by atoms with Gasteiger partial charge in [-0.15, -0.1) is 0 Å². The molecular weight excluding hydrogens is 388 g/mol. The smallest absolute Gasteiger partial charge is 0.286 e. The van der Waals surface area contributed by atoms with Crippen LogP contribution in [0.15, 0.2) is 24.3 Å². The Labute approximate surface area is 167 Å². The number of nitrogens with one attached hydrogen (secondary N) is 2. The van der Waals surface area contributed by atoms with E-state index in [9.17, 15) is 18.7 Å². The second-order valence-corrected chi connectivity index (χ2v) is 7.98. The molecule has 2 aromatic rings. The number of hydrogen-bond acceptors (Lipinski definition) is 3. The Bertz CT molecular complexity index is 840. The Hall–Kier alpha value is -1.99. The van der Waals surface area contributed by atoms with Gasteiger partial charge in [0.05, 0.1) is 21.9 Å². The Morgan fingerprint density at radius 1 is 1.29 bits per heavy atom. The van der Waals surface area contributed by atoms with Gasteiger partial charge in [-0.2, -0.15) is 13.9 Å². The molecule has 0 saturated heterocycles. The van der Waals surface area contributed by atoms with Crippen molar-refractivity contribution >= 4 is 17.5 Å². The van der Waals surface area contributed by atoms with Gasteiger partial charge in [0.2, 0.25) is 0 Å². The lowest BCUT2D eigenvalue weighted by Gasteiger charge is -2.26. The molecule has 1 heterocycles. The zero-order valence-corrected chi connectivity index (χ0v) is 16.5. The lowest BCUT2D eigenvalue weighted by Crippen LogP contribution is -2.42. The molecule has 0 radical (unpaired) electrons. The van der Waals surface area contributed by atoms with E-state index in [1.54, 1.807) is 6.07 Å². The SMILES string of the molecule is CC(F)(F)c1cc(-c2ccc(Cl)c(C(=O)NCC3(O)CCCCCC3)c2)n[nH]1. The molecule has 0 atom stereocenters. The summed E-state index contributed by atoms with van der Waals surface area (Å²) in [5, 5.41) is 19.9. The van der Waals surface area contributed by atoms with Gasteiger partial charge < -0.3 is 10.4 Å². The molecule has 28 heavy (non-hydrogen) atoms. The number of carbonyl (C=O) groups excluding carboxylic acids is 1. The van der Waals surface area contributed by atoms with Crippen molar-refractivity contribution in [3.8, 4) is 11.3 Å². The van der Waals surface area contributed by atoms with Gasteiger partial charge in [0, 0.05) is 19.0 Å². The fourth-order valence-corrected chi connectivity index (χ4v) is 3.66. The van der Waals surface area contributed by atoms with E-state index in [2.05, 4.69) is 15.5 Å². The van der Waals surface area contributed by atoms with Gasteiger partial charge in [-0.3, -0.25) is 9.89 Å². The van der Waals surface area contributed by atoms with E-state index in [4.69, 9.17) is 11.6 Å². The summed E-state index contributed by atoms with van der Waals surface area (Å²) in [6, 6.07) is 5.91. The maximum Gasteiger partial charge on any atom is 0.286 e. The fourth-order valence-electron chi connectivity index (χ4n) is 3.46. The number of H-pyrrole nitrogens is 1. The Kier molecular flexibility index (Phi) is 6.05. The number of amides is 1. The topological polar surface area (TPSA) is 78.0 Å². The summed E-state index contributed by atoms with van der Waals surface area (Å²) < 4.78 is 26.8. The molecule has 3 rings (SSSR count). The third-order valence-electron chi connectivity index (χ3n) is 5.17. The molecule has 8 heteroatoms. The monoisotopic (exact) mass is 411 g/mol. The Balaban J connectivity index is 1.75. The molecule has 5 nitrogen and oxygen atoms in total. The maximum absolute atomic E-state index is 13.4. The lowest BCUT2D eigenvalue weighted by molar-refractivity contribution is 0.0127. The van der Waals surface area contributed by atoms with Crippen molar-refractivity contribution in [1.82, 2.24) is 15.5 Å². The first-order chi connectivity index (χ1) is 13.2. The number of hydrogen-bond donors (Lipinski definition) is 3. The van der Waals surface area contributed by atoms with Crippen LogP contribution in [0.25, 0.3) is 11.3 Å². The summed E-state index contributed by atoms with van der Waals surface area (Å²) >= 11 is 6.17. The van der Waals surface area contributed by atoms with E-state index >= 15 is 0 Å².